The number of Topliss-reactive ketones (excluding diaryl/α,β-unsaturated/α-hetero) is 1. The van der Waals surface area contributed by atoms with Crippen LogP contribution >= 0.6 is 0 Å². The number of carbonyl (C=O) groups is 1. The first kappa shape index (κ1) is 13.8. The highest BCUT2D eigenvalue weighted by atomic mass is 16.5. The van der Waals surface area contributed by atoms with Crippen molar-refractivity contribution < 1.29 is 9.53 Å². The van der Waals surface area contributed by atoms with Gasteiger partial charge in [0.1, 0.15) is 5.78 Å². The minimum Gasteiger partial charge on any atom is -0.381 e. The highest BCUT2D eigenvalue weighted by Crippen LogP contribution is 2.56. The van der Waals surface area contributed by atoms with Crippen LogP contribution in [0.5, 0.6) is 0 Å². The van der Waals surface area contributed by atoms with Gasteiger partial charge >= 0.3 is 0 Å². The maximum Gasteiger partial charge on any atom is 0.139 e. The highest BCUT2D eigenvalue weighted by molar-refractivity contribution is 5.83. The molecule has 0 heterocycles. The molecule has 2 aliphatic carbocycles. The van der Waals surface area contributed by atoms with Crippen LogP contribution in [0.4, 0.5) is 0 Å². The molecular formula is C16H26O2. The smallest absolute Gasteiger partial charge is 0.139 e. The Morgan fingerprint density at radius 2 is 2.17 bits per heavy atom. The Labute approximate surface area is 111 Å². The predicted octanol–water partition coefficient (Wildman–Crippen LogP) is 3.61. The molecule has 1 saturated carbocycles. The zero-order valence-electron chi connectivity index (χ0n) is 12.1. The largest absolute Gasteiger partial charge is 0.381 e. The molecule has 4 atom stereocenters. The van der Waals surface area contributed by atoms with Gasteiger partial charge in [0.15, 0.2) is 0 Å². The van der Waals surface area contributed by atoms with Crippen molar-refractivity contribution in [3.8, 4) is 0 Å². The topological polar surface area (TPSA) is 26.3 Å². The molecule has 2 bridgehead atoms. The lowest BCUT2D eigenvalue weighted by Crippen LogP contribution is -2.36. The average molecular weight is 250 g/mol. The molecule has 0 spiro atoms. The zero-order chi connectivity index (χ0) is 13.3. The number of fused-ring (bicyclic) bond motifs is 2. The van der Waals surface area contributed by atoms with Crippen LogP contribution < -0.4 is 0 Å². The molecule has 0 N–H and O–H groups in total. The lowest BCUT2D eigenvalue weighted by Gasteiger charge is -2.35. The Bertz CT molecular complexity index is 343. The van der Waals surface area contributed by atoms with Crippen molar-refractivity contribution in [1.29, 1.82) is 0 Å². The van der Waals surface area contributed by atoms with Gasteiger partial charge in [0.25, 0.3) is 0 Å². The van der Waals surface area contributed by atoms with Gasteiger partial charge in [0.2, 0.25) is 0 Å². The van der Waals surface area contributed by atoms with Crippen molar-refractivity contribution in [2.75, 3.05) is 7.11 Å². The normalized spacial score (nSPS) is 33.9. The molecule has 0 amide bonds. The maximum atomic E-state index is 12.6. The third-order valence-corrected chi connectivity index (χ3v) is 5.02. The second-order valence-corrected chi connectivity index (χ2v) is 6.51. The SMILES string of the molecule is CCCC(CC(=O)C1C2C=CC(C2)C1(C)C)OC. The average Bonchev–Trinajstić information content (AvgIpc) is 2.86. The second kappa shape index (κ2) is 5.16. The molecule has 0 aromatic heterocycles. The summed E-state index contributed by atoms with van der Waals surface area (Å²) in [5.74, 6) is 1.71. The molecule has 0 aromatic carbocycles. The monoisotopic (exact) mass is 250 g/mol. The highest BCUT2D eigenvalue weighted by Gasteiger charge is 2.52. The van der Waals surface area contributed by atoms with Gasteiger partial charge in [-0.2, -0.15) is 0 Å². The summed E-state index contributed by atoms with van der Waals surface area (Å²) in [6.07, 6.45) is 8.52. The van der Waals surface area contributed by atoms with Crippen LogP contribution in [0.3, 0.4) is 0 Å². The number of ether oxygens (including phenoxy) is 1. The summed E-state index contributed by atoms with van der Waals surface area (Å²) in [6, 6.07) is 0. The first-order valence-corrected chi connectivity index (χ1v) is 7.24. The lowest BCUT2D eigenvalue weighted by molar-refractivity contribution is -0.129. The van der Waals surface area contributed by atoms with Crippen LogP contribution in [0.25, 0.3) is 0 Å². The second-order valence-electron chi connectivity index (χ2n) is 6.51. The Balaban J connectivity index is 2.03. The number of ketones is 1. The molecule has 2 nitrogen and oxygen atoms in total. The summed E-state index contributed by atoms with van der Waals surface area (Å²) in [5, 5.41) is 0. The Kier molecular flexibility index (Phi) is 3.96. The summed E-state index contributed by atoms with van der Waals surface area (Å²) in [7, 11) is 1.72. The molecule has 0 radical (unpaired) electrons. The van der Waals surface area contributed by atoms with E-state index in [1.807, 2.05) is 0 Å². The van der Waals surface area contributed by atoms with Crippen molar-refractivity contribution >= 4 is 5.78 Å². The van der Waals surface area contributed by atoms with Crippen LogP contribution in [-0.2, 0) is 9.53 Å². The van der Waals surface area contributed by atoms with E-state index in [4.69, 9.17) is 4.74 Å². The summed E-state index contributed by atoms with van der Waals surface area (Å²) in [5.41, 5.74) is 0.140. The van der Waals surface area contributed by atoms with E-state index >= 15 is 0 Å². The minimum absolute atomic E-state index is 0.112. The first-order chi connectivity index (χ1) is 8.50. The summed E-state index contributed by atoms with van der Waals surface area (Å²) >= 11 is 0. The van der Waals surface area contributed by atoms with Crippen LogP contribution in [0.1, 0.15) is 46.5 Å². The number of hydrogen-bond acceptors (Lipinski definition) is 2. The number of allylic oxidation sites excluding steroid dienone is 2. The Morgan fingerprint density at radius 1 is 1.44 bits per heavy atom. The van der Waals surface area contributed by atoms with Crippen molar-refractivity contribution in [1.82, 2.24) is 0 Å². The zero-order valence-corrected chi connectivity index (χ0v) is 12.1. The molecule has 2 aliphatic rings. The summed E-state index contributed by atoms with van der Waals surface area (Å²) < 4.78 is 5.43. The fourth-order valence-electron chi connectivity index (χ4n) is 3.94. The van der Waals surface area contributed by atoms with E-state index < -0.39 is 0 Å². The molecular weight excluding hydrogens is 224 g/mol. The standard InChI is InChI=1S/C16H26O2/c1-5-6-13(18-4)10-14(17)15-11-7-8-12(9-11)16(15,2)3/h7-8,11-13,15H,5-6,9-10H2,1-4H3. The van der Waals surface area contributed by atoms with E-state index in [2.05, 4.69) is 32.9 Å². The van der Waals surface area contributed by atoms with E-state index in [0.29, 0.717) is 24.0 Å². The fourth-order valence-corrected chi connectivity index (χ4v) is 3.94. The van der Waals surface area contributed by atoms with Crippen LogP contribution in [0.15, 0.2) is 12.2 Å². The van der Waals surface area contributed by atoms with Gasteiger partial charge in [0, 0.05) is 19.4 Å². The third kappa shape index (κ3) is 2.27. The summed E-state index contributed by atoms with van der Waals surface area (Å²) in [4.78, 5) is 12.6. The molecule has 102 valence electrons. The van der Waals surface area contributed by atoms with Gasteiger partial charge in [-0.25, -0.2) is 0 Å². The predicted molar refractivity (Wildman–Crippen MR) is 73.3 cm³/mol. The summed E-state index contributed by atoms with van der Waals surface area (Å²) in [6.45, 7) is 6.65. The molecule has 18 heavy (non-hydrogen) atoms. The maximum absolute atomic E-state index is 12.6. The number of hydrogen-bond donors (Lipinski definition) is 0. The van der Waals surface area contributed by atoms with E-state index in [9.17, 15) is 4.79 Å². The molecule has 0 saturated heterocycles. The van der Waals surface area contributed by atoms with E-state index in [-0.39, 0.29) is 17.4 Å². The molecule has 4 unspecified atom stereocenters. The van der Waals surface area contributed by atoms with Gasteiger partial charge in [0.05, 0.1) is 6.10 Å². The third-order valence-electron chi connectivity index (χ3n) is 5.02. The van der Waals surface area contributed by atoms with Crippen molar-refractivity contribution in [2.45, 2.75) is 52.6 Å². The quantitative estimate of drug-likeness (QED) is 0.673. The van der Waals surface area contributed by atoms with Crippen molar-refractivity contribution in [3.63, 3.8) is 0 Å². The van der Waals surface area contributed by atoms with Gasteiger partial charge in [-0.3, -0.25) is 4.79 Å². The number of rotatable bonds is 6. The van der Waals surface area contributed by atoms with E-state index in [1.165, 1.54) is 6.42 Å². The fraction of sp³-hybridized carbons (Fsp3) is 0.812. The van der Waals surface area contributed by atoms with Gasteiger partial charge in [-0.15, -0.1) is 0 Å². The molecule has 0 aliphatic heterocycles. The Hall–Kier alpha value is -0.630. The minimum atomic E-state index is 0.112. The van der Waals surface area contributed by atoms with Crippen molar-refractivity contribution in [3.05, 3.63) is 12.2 Å². The molecule has 2 heteroatoms. The Morgan fingerprint density at radius 3 is 2.67 bits per heavy atom. The van der Waals surface area contributed by atoms with E-state index in [0.717, 1.165) is 12.8 Å². The molecule has 0 aromatic rings. The van der Waals surface area contributed by atoms with E-state index in [1.54, 1.807) is 7.11 Å². The number of methoxy groups -OCH3 is 1. The van der Waals surface area contributed by atoms with Gasteiger partial charge < -0.3 is 4.74 Å². The van der Waals surface area contributed by atoms with Crippen molar-refractivity contribution in [2.24, 2.45) is 23.2 Å². The number of carbonyl (C=O) groups excluding carboxylic acids is 1. The van der Waals surface area contributed by atoms with Crippen LogP contribution in [0.2, 0.25) is 0 Å². The van der Waals surface area contributed by atoms with Gasteiger partial charge in [-0.1, -0.05) is 39.3 Å². The molecule has 2 rings (SSSR count). The van der Waals surface area contributed by atoms with Gasteiger partial charge in [-0.05, 0) is 30.1 Å². The van der Waals surface area contributed by atoms with Crippen LogP contribution in [0, 0.1) is 23.2 Å². The van der Waals surface area contributed by atoms with Crippen LogP contribution in [-0.4, -0.2) is 19.0 Å². The molecule has 1 fully saturated rings. The lowest BCUT2D eigenvalue weighted by atomic mass is 9.69. The first-order valence-electron chi connectivity index (χ1n) is 7.24.